The van der Waals surface area contributed by atoms with Crippen LogP contribution in [0.2, 0.25) is 0 Å². The van der Waals surface area contributed by atoms with Gasteiger partial charge in [0.25, 0.3) is 0 Å². The Hall–Kier alpha value is -1.55. The Morgan fingerprint density at radius 2 is 2.23 bits per heavy atom. The highest BCUT2D eigenvalue weighted by atomic mass is 32.2. The molecule has 0 spiro atoms. The van der Waals surface area contributed by atoms with E-state index in [1.54, 1.807) is 11.8 Å². The van der Waals surface area contributed by atoms with Crippen LogP contribution in [0.3, 0.4) is 0 Å². The molecule has 1 fully saturated rings. The van der Waals surface area contributed by atoms with Gasteiger partial charge in [-0.25, -0.2) is 0 Å². The zero-order valence-corrected chi connectivity index (χ0v) is 14.5. The van der Waals surface area contributed by atoms with Crippen molar-refractivity contribution in [3.05, 3.63) is 46.4 Å². The van der Waals surface area contributed by atoms with E-state index in [2.05, 4.69) is 18.4 Å². The molecule has 1 unspecified atom stereocenters. The Morgan fingerprint density at radius 3 is 2.86 bits per heavy atom. The summed E-state index contributed by atoms with van der Waals surface area (Å²) in [4.78, 5) is 8.02. The normalized spacial score (nSPS) is 21.7. The Balaban J connectivity index is 2.30. The number of fused-ring (bicyclic) bond motifs is 1. The molecule has 118 valence electrons. The quantitative estimate of drug-likeness (QED) is 0.718. The first-order valence-corrected chi connectivity index (χ1v) is 8.73. The van der Waals surface area contributed by atoms with Crippen LogP contribution in [0.15, 0.2) is 51.4 Å². The molecule has 2 aliphatic heterocycles. The number of nitrogens with zero attached hydrogens (tertiary/aromatic N) is 2. The third kappa shape index (κ3) is 3.43. The summed E-state index contributed by atoms with van der Waals surface area (Å²) >= 11 is 1.62. The molecule has 1 saturated heterocycles. The van der Waals surface area contributed by atoms with Crippen LogP contribution in [0.5, 0.6) is 0 Å². The van der Waals surface area contributed by atoms with Crippen LogP contribution in [0, 0.1) is 11.3 Å². The number of aliphatic imine (C=N–C) groups is 1. The molecule has 2 heterocycles. The van der Waals surface area contributed by atoms with Gasteiger partial charge in [0, 0.05) is 22.7 Å². The molecular weight excluding hydrogens is 290 g/mol. The predicted molar refractivity (Wildman–Crippen MR) is 98.5 cm³/mol. The number of rotatable bonds is 6. The highest BCUT2D eigenvalue weighted by Gasteiger charge is 2.34. The second-order valence-corrected chi connectivity index (χ2v) is 6.58. The largest absolute Gasteiger partial charge is 0.329 e. The van der Waals surface area contributed by atoms with Crippen molar-refractivity contribution in [1.29, 1.82) is 5.41 Å². The van der Waals surface area contributed by atoms with Crippen molar-refractivity contribution in [3.8, 4) is 0 Å². The van der Waals surface area contributed by atoms with Crippen LogP contribution in [-0.4, -0.2) is 29.5 Å². The number of allylic oxidation sites excluding steroid dienone is 4. The second-order valence-electron chi connectivity index (χ2n) is 5.58. The maximum Gasteiger partial charge on any atom is 0.141 e. The van der Waals surface area contributed by atoms with Crippen molar-refractivity contribution in [3.63, 3.8) is 0 Å². The third-order valence-corrected chi connectivity index (χ3v) is 4.95. The summed E-state index contributed by atoms with van der Waals surface area (Å²) < 4.78 is 0. The van der Waals surface area contributed by atoms with Gasteiger partial charge in [-0.05, 0) is 37.7 Å². The van der Waals surface area contributed by atoms with Crippen molar-refractivity contribution < 1.29 is 0 Å². The molecular formula is C18H25N3S. The monoisotopic (exact) mass is 315 g/mol. The summed E-state index contributed by atoms with van der Waals surface area (Å²) in [5.74, 6) is 1.64. The molecule has 1 N–H and O–H groups in total. The summed E-state index contributed by atoms with van der Waals surface area (Å²) in [6.45, 7) is 12.0. The summed E-state index contributed by atoms with van der Waals surface area (Å²) in [6, 6.07) is 0. The van der Waals surface area contributed by atoms with E-state index in [1.807, 2.05) is 37.5 Å². The smallest absolute Gasteiger partial charge is 0.141 e. The van der Waals surface area contributed by atoms with Crippen molar-refractivity contribution >= 4 is 23.3 Å². The van der Waals surface area contributed by atoms with Crippen molar-refractivity contribution in [2.24, 2.45) is 10.9 Å². The van der Waals surface area contributed by atoms with Gasteiger partial charge in [0.05, 0.1) is 12.3 Å². The van der Waals surface area contributed by atoms with E-state index < -0.39 is 0 Å². The summed E-state index contributed by atoms with van der Waals surface area (Å²) in [6.07, 6.45) is 8.01. The maximum absolute atomic E-state index is 8.26. The number of hydrogen-bond donors (Lipinski definition) is 1. The third-order valence-electron chi connectivity index (χ3n) is 4.07. The molecule has 0 radical (unpaired) electrons. The molecule has 3 nitrogen and oxygen atoms in total. The van der Waals surface area contributed by atoms with Gasteiger partial charge in [0.1, 0.15) is 5.84 Å². The molecule has 2 rings (SSSR count). The summed E-state index contributed by atoms with van der Waals surface area (Å²) in [7, 11) is 0. The van der Waals surface area contributed by atoms with E-state index in [-0.39, 0.29) is 0 Å². The molecule has 2 aliphatic rings. The van der Waals surface area contributed by atoms with E-state index in [0.717, 1.165) is 35.7 Å². The maximum atomic E-state index is 8.26. The molecule has 0 aromatic heterocycles. The molecule has 0 amide bonds. The Labute approximate surface area is 138 Å². The second kappa shape index (κ2) is 7.63. The molecule has 1 atom stereocenters. The summed E-state index contributed by atoms with van der Waals surface area (Å²) in [5, 5.41) is 10.3. The first-order valence-electron chi connectivity index (χ1n) is 7.85. The Kier molecular flexibility index (Phi) is 5.83. The van der Waals surface area contributed by atoms with Crippen LogP contribution in [0.25, 0.3) is 0 Å². The first kappa shape index (κ1) is 16.8. The standard InChI is InChI=1S/C18H25N3S/c1-5-8-16(19)15-11-20-18(13(4)22-9-6-2)21-12-14(7-3)10-17(15)21/h5-6,8-9,14,19H,4,7,10-12H2,1-3H3/b8-5-,9-6-,19-16?. The highest BCUT2D eigenvalue weighted by molar-refractivity contribution is 8.06. The van der Waals surface area contributed by atoms with Crippen LogP contribution in [0.1, 0.15) is 33.6 Å². The molecule has 0 aromatic rings. The lowest BCUT2D eigenvalue weighted by Crippen LogP contribution is -2.33. The van der Waals surface area contributed by atoms with Gasteiger partial charge in [-0.3, -0.25) is 4.99 Å². The van der Waals surface area contributed by atoms with Gasteiger partial charge in [-0.2, -0.15) is 0 Å². The zero-order chi connectivity index (χ0) is 16.1. The lowest BCUT2D eigenvalue weighted by atomic mass is 10.00. The fourth-order valence-electron chi connectivity index (χ4n) is 2.87. The summed E-state index contributed by atoms with van der Waals surface area (Å²) in [5.41, 5.74) is 2.94. The van der Waals surface area contributed by atoms with E-state index in [1.165, 1.54) is 5.70 Å². The number of amidine groups is 1. The van der Waals surface area contributed by atoms with Crippen LogP contribution in [0.4, 0.5) is 0 Å². The molecule has 0 bridgehead atoms. The molecule has 0 saturated carbocycles. The first-order chi connectivity index (χ1) is 10.6. The van der Waals surface area contributed by atoms with Gasteiger partial charge in [0.2, 0.25) is 0 Å². The minimum Gasteiger partial charge on any atom is -0.329 e. The van der Waals surface area contributed by atoms with E-state index >= 15 is 0 Å². The van der Waals surface area contributed by atoms with Gasteiger partial charge in [0.15, 0.2) is 0 Å². The SMILES string of the molecule is C=C(S/C=C\C)C1=NCC(C(=N)/C=C\C)=C2CC(CC)CN12. The van der Waals surface area contributed by atoms with Gasteiger partial charge in [-0.1, -0.05) is 43.8 Å². The highest BCUT2D eigenvalue weighted by Crippen LogP contribution is 2.36. The minimum atomic E-state index is 0.591. The Morgan fingerprint density at radius 1 is 1.45 bits per heavy atom. The lowest BCUT2D eigenvalue weighted by Gasteiger charge is -2.29. The molecule has 0 aromatic carbocycles. The topological polar surface area (TPSA) is 39.5 Å². The van der Waals surface area contributed by atoms with E-state index in [0.29, 0.717) is 18.2 Å². The fourth-order valence-corrected chi connectivity index (χ4v) is 3.45. The molecule has 22 heavy (non-hydrogen) atoms. The van der Waals surface area contributed by atoms with Gasteiger partial charge in [-0.15, -0.1) is 0 Å². The van der Waals surface area contributed by atoms with E-state index in [4.69, 9.17) is 10.4 Å². The van der Waals surface area contributed by atoms with Crippen LogP contribution in [-0.2, 0) is 0 Å². The molecule has 4 heteroatoms. The van der Waals surface area contributed by atoms with Gasteiger partial charge < -0.3 is 10.3 Å². The predicted octanol–water partition coefficient (Wildman–Crippen LogP) is 4.76. The number of hydrogen-bond acceptors (Lipinski definition) is 4. The van der Waals surface area contributed by atoms with Crippen LogP contribution < -0.4 is 0 Å². The van der Waals surface area contributed by atoms with Crippen molar-refractivity contribution in [2.75, 3.05) is 13.1 Å². The zero-order valence-electron chi connectivity index (χ0n) is 13.7. The number of nitrogens with one attached hydrogen (secondary N) is 1. The van der Waals surface area contributed by atoms with Crippen molar-refractivity contribution in [1.82, 2.24) is 4.90 Å². The minimum absolute atomic E-state index is 0.591. The molecule has 0 aliphatic carbocycles. The van der Waals surface area contributed by atoms with Gasteiger partial charge >= 0.3 is 0 Å². The van der Waals surface area contributed by atoms with E-state index in [9.17, 15) is 0 Å². The van der Waals surface area contributed by atoms with Crippen molar-refractivity contribution in [2.45, 2.75) is 33.6 Å². The lowest BCUT2D eigenvalue weighted by molar-refractivity contribution is 0.487. The Bertz CT molecular complexity index is 581. The number of thioether (sulfide) groups is 1. The van der Waals surface area contributed by atoms with Crippen LogP contribution >= 0.6 is 11.8 Å². The average molecular weight is 315 g/mol. The average Bonchev–Trinajstić information content (AvgIpc) is 2.95. The fraction of sp³-hybridized carbons (Fsp3) is 0.444.